The van der Waals surface area contributed by atoms with Crippen molar-refractivity contribution in [3.63, 3.8) is 0 Å². The summed E-state index contributed by atoms with van der Waals surface area (Å²) in [5, 5.41) is 3.30. The molecule has 2 aromatic rings. The Morgan fingerprint density at radius 3 is 2.35 bits per heavy atom. The van der Waals surface area contributed by atoms with Gasteiger partial charge in [0.15, 0.2) is 0 Å². The molecule has 0 aliphatic carbocycles. The second-order valence-electron chi connectivity index (χ2n) is 4.02. The van der Waals surface area contributed by atoms with Gasteiger partial charge in [0.1, 0.15) is 0 Å². The van der Waals surface area contributed by atoms with E-state index in [4.69, 9.17) is 17.3 Å². The molecule has 0 atom stereocenters. The monoisotopic (exact) mass is 352 g/mol. The fourth-order valence-corrected chi connectivity index (χ4v) is 2.14. The van der Waals surface area contributed by atoms with Crippen LogP contribution in [0, 0.1) is 0 Å². The number of hydrogen-bond donors (Lipinski definition) is 2. The van der Waals surface area contributed by atoms with Crippen LogP contribution in [0.3, 0.4) is 0 Å². The van der Waals surface area contributed by atoms with Crippen LogP contribution >= 0.6 is 27.5 Å². The minimum Gasteiger partial charge on any atom is -0.366 e. The summed E-state index contributed by atoms with van der Waals surface area (Å²) in [7, 11) is 0. The molecule has 0 spiro atoms. The number of nitrogens with two attached hydrogens (primary N) is 1. The van der Waals surface area contributed by atoms with Crippen molar-refractivity contribution in [2.45, 2.75) is 0 Å². The van der Waals surface area contributed by atoms with Gasteiger partial charge in [-0.25, -0.2) is 0 Å². The Hall–Kier alpha value is -1.85. The first kappa shape index (κ1) is 14.6. The molecule has 102 valence electrons. The van der Waals surface area contributed by atoms with E-state index in [-0.39, 0.29) is 11.5 Å². The molecule has 20 heavy (non-hydrogen) atoms. The summed E-state index contributed by atoms with van der Waals surface area (Å²) in [5.41, 5.74) is 6.41. The van der Waals surface area contributed by atoms with Crippen LogP contribution in [0.25, 0.3) is 0 Å². The summed E-state index contributed by atoms with van der Waals surface area (Å²) in [4.78, 5) is 23.3. The lowest BCUT2D eigenvalue weighted by Crippen LogP contribution is -2.16. The van der Waals surface area contributed by atoms with Crippen LogP contribution in [0.5, 0.6) is 0 Å². The number of anilines is 1. The van der Waals surface area contributed by atoms with E-state index in [2.05, 4.69) is 21.2 Å². The predicted octanol–water partition coefficient (Wildman–Crippen LogP) is 3.45. The maximum Gasteiger partial charge on any atom is 0.256 e. The molecule has 2 aromatic carbocycles. The standard InChI is InChI=1S/C14H10BrClN2O2/c15-12-6-1-8(13(17)19)7-11(12)14(20)18-10-4-2-9(16)3-5-10/h1-7H,(H2,17,19)(H,18,20). The number of hydrogen-bond acceptors (Lipinski definition) is 2. The number of benzene rings is 2. The number of carbonyl (C=O) groups excluding carboxylic acids is 2. The van der Waals surface area contributed by atoms with Gasteiger partial charge >= 0.3 is 0 Å². The molecular formula is C14H10BrClN2O2. The summed E-state index contributed by atoms with van der Waals surface area (Å²) in [6.45, 7) is 0. The van der Waals surface area contributed by atoms with Crippen molar-refractivity contribution in [1.29, 1.82) is 0 Å². The van der Waals surface area contributed by atoms with Crippen LogP contribution in [-0.2, 0) is 0 Å². The normalized spacial score (nSPS) is 10.1. The smallest absolute Gasteiger partial charge is 0.256 e. The lowest BCUT2D eigenvalue weighted by atomic mass is 10.1. The van der Waals surface area contributed by atoms with E-state index in [0.717, 1.165) is 0 Å². The molecule has 0 unspecified atom stereocenters. The average molecular weight is 354 g/mol. The van der Waals surface area contributed by atoms with E-state index in [9.17, 15) is 9.59 Å². The van der Waals surface area contributed by atoms with Crippen LogP contribution in [0.15, 0.2) is 46.9 Å². The number of primary amides is 1. The first-order chi connectivity index (χ1) is 9.47. The molecule has 0 saturated carbocycles. The minimum atomic E-state index is -0.585. The van der Waals surface area contributed by atoms with Gasteiger partial charge in [0.25, 0.3) is 5.91 Å². The zero-order valence-electron chi connectivity index (χ0n) is 10.2. The molecule has 0 aliphatic rings. The van der Waals surface area contributed by atoms with E-state index in [0.29, 0.717) is 20.7 Å². The summed E-state index contributed by atoms with van der Waals surface area (Å²) in [5.74, 6) is -0.930. The van der Waals surface area contributed by atoms with E-state index in [1.165, 1.54) is 6.07 Å². The molecule has 0 saturated heterocycles. The van der Waals surface area contributed by atoms with Crippen molar-refractivity contribution in [2.24, 2.45) is 5.73 Å². The van der Waals surface area contributed by atoms with Gasteiger partial charge in [-0.3, -0.25) is 9.59 Å². The van der Waals surface area contributed by atoms with Gasteiger partial charge in [0.2, 0.25) is 5.91 Å². The number of halogens is 2. The second-order valence-corrected chi connectivity index (χ2v) is 5.31. The Bertz CT molecular complexity index is 671. The lowest BCUT2D eigenvalue weighted by Gasteiger charge is -2.08. The Kier molecular flexibility index (Phi) is 4.42. The average Bonchev–Trinajstić information content (AvgIpc) is 2.41. The van der Waals surface area contributed by atoms with E-state index < -0.39 is 5.91 Å². The fraction of sp³-hybridized carbons (Fsp3) is 0. The topological polar surface area (TPSA) is 72.2 Å². The number of nitrogens with one attached hydrogen (secondary N) is 1. The largest absolute Gasteiger partial charge is 0.366 e. The first-order valence-corrected chi connectivity index (χ1v) is 6.81. The van der Waals surface area contributed by atoms with Crippen molar-refractivity contribution >= 4 is 45.0 Å². The minimum absolute atomic E-state index is 0.273. The second kappa shape index (κ2) is 6.07. The molecule has 0 radical (unpaired) electrons. The predicted molar refractivity (Wildman–Crippen MR) is 82.1 cm³/mol. The van der Waals surface area contributed by atoms with Crippen LogP contribution < -0.4 is 11.1 Å². The van der Waals surface area contributed by atoms with Crippen molar-refractivity contribution in [3.05, 3.63) is 63.1 Å². The van der Waals surface area contributed by atoms with Gasteiger partial charge in [-0.2, -0.15) is 0 Å². The van der Waals surface area contributed by atoms with Crippen LogP contribution in [-0.4, -0.2) is 11.8 Å². The van der Waals surface area contributed by atoms with Gasteiger partial charge in [-0.15, -0.1) is 0 Å². The van der Waals surface area contributed by atoms with Crippen molar-refractivity contribution < 1.29 is 9.59 Å². The summed E-state index contributed by atoms with van der Waals surface area (Å²) >= 11 is 9.05. The molecule has 0 fully saturated rings. The number of amides is 2. The van der Waals surface area contributed by atoms with Gasteiger partial charge in [-0.1, -0.05) is 11.6 Å². The molecule has 3 N–H and O–H groups in total. The summed E-state index contributed by atoms with van der Waals surface area (Å²) in [6.07, 6.45) is 0. The quantitative estimate of drug-likeness (QED) is 0.887. The number of rotatable bonds is 3. The highest BCUT2D eigenvalue weighted by atomic mass is 79.9. The molecule has 0 bridgehead atoms. The van der Waals surface area contributed by atoms with E-state index in [1.807, 2.05) is 0 Å². The molecular weight excluding hydrogens is 344 g/mol. The zero-order valence-corrected chi connectivity index (χ0v) is 12.5. The molecule has 2 rings (SSSR count). The Morgan fingerprint density at radius 2 is 1.75 bits per heavy atom. The van der Waals surface area contributed by atoms with Gasteiger partial charge in [-0.05, 0) is 58.4 Å². The highest BCUT2D eigenvalue weighted by Gasteiger charge is 2.13. The number of carbonyl (C=O) groups is 2. The molecule has 6 heteroatoms. The summed E-state index contributed by atoms with van der Waals surface area (Å²) in [6, 6.07) is 11.3. The zero-order chi connectivity index (χ0) is 14.7. The first-order valence-electron chi connectivity index (χ1n) is 5.63. The Labute approximate surface area is 129 Å². The maximum absolute atomic E-state index is 12.2. The van der Waals surface area contributed by atoms with Crippen LogP contribution in [0.4, 0.5) is 5.69 Å². The SMILES string of the molecule is NC(=O)c1ccc(Br)c(C(=O)Nc2ccc(Cl)cc2)c1. The van der Waals surface area contributed by atoms with Crippen LogP contribution in [0.1, 0.15) is 20.7 Å². The van der Waals surface area contributed by atoms with Crippen molar-refractivity contribution in [1.82, 2.24) is 0 Å². The van der Waals surface area contributed by atoms with Gasteiger partial charge in [0, 0.05) is 20.7 Å². The van der Waals surface area contributed by atoms with Crippen LogP contribution in [0.2, 0.25) is 5.02 Å². The molecule has 0 heterocycles. The summed E-state index contributed by atoms with van der Waals surface area (Å²) < 4.78 is 0.578. The highest BCUT2D eigenvalue weighted by Crippen LogP contribution is 2.20. The maximum atomic E-state index is 12.2. The molecule has 2 amide bonds. The van der Waals surface area contributed by atoms with Gasteiger partial charge < -0.3 is 11.1 Å². The molecule has 0 aliphatic heterocycles. The Balaban J connectivity index is 2.26. The third-order valence-corrected chi connectivity index (χ3v) is 3.54. The molecule has 0 aromatic heterocycles. The van der Waals surface area contributed by atoms with E-state index in [1.54, 1.807) is 36.4 Å². The van der Waals surface area contributed by atoms with Gasteiger partial charge in [0.05, 0.1) is 5.56 Å². The molecule has 4 nitrogen and oxygen atoms in total. The van der Waals surface area contributed by atoms with E-state index >= 15 is 0 Å². The van der Waals surface area contributed by atoms with Crippen molar-refractivity contribution in [2.75, 3.05) is 5.32 Å². The van der Waals surface area contributed by atoms with Crippen molar-refractivity contribution in [3.8, 4) is 0 Å². The third kappa shape index (κ3) is 3.37. The fourth-order valence-electron chi connectivity index (χ4n) is 1.58. The Morgan fingerprint density at radius 1 is 1.10 bits per heavy atom. The highest BCUT2D eigenvalue weighted by molar-refractivity contribution is 9.10. The third-order valence-electron chi connectivity index (χ3n) is 2.60. The lowest BCUT2D eigenvalue weighted by molar-refractivity contribution is 0.1000.